The third-order valence-corrected chi connectivity index (χ3v) is 4.33. The number of ketones is 1. The number of carbonyl (C=O) groups is 2. The molecule has 0 aliphatic heterocycles. The fourth-order valence-corrected chi connectivity index (χ4v) is 2.87. The van der Waals surface area contributed by atoms with E-state index in [4.69, 9.17) is 11.6 Å². The lowest BCUT2D eigenvalue weighted by atomic mass is 10.1. The number of nitrogens with one attached hydrogen (secondary N) is 1. The van der Waals surface area contributed by atoms with Gasteiger partial charge in [0.05, 0.1) is 15.7 Å². The standard InChI is InChI=1S/C17H17ClN2O2S/c1-12(21)14-5-2-3-6-15(14)20-16(22)7-4-10-23-17-9-8-13(18)11-19-17/h2-3,5-6,8-9,11H,4,7,10H2,1H3,(H,20,22). The normalized spacial score (nSPS) is 10.3. The zero-order valence-electron chi connectivity index (χ0n) is 12.7. The number of rotatable bonds is 7. The van der Waals surface area contributed by atoms with Gasteiger partial charge >= 0.3 is 0 Å². The maximum atomic E-state index is 12.0. The van der Waals surface area contributed by atoms with Gasteiger partial charge in [-0.3, -0.25) is 9.59 Å². The number of para-hydroxylation sites is 1. The molecule has 6 heteroatoms. The summed E-state index contributed by atoms with van der Waals surface area (Å²) in [4.78, 5) is 27.7. The quantitative estimate of drug-likeness (QED) is 0.456. The molecule has 1 N–H and O–H groups in total. The molecule has 0 spiro atoms. The second kappa shape index (κ2) is 8.70. The zero-order valence-corrected chi connectivity index (χ0v) is 14.3. The Morgan fingerprint density at radius 2 is 2.00 bits per heavy atom. The minimum Gasteiger partial charge on any atom is -0.325 e. The van der Waals surface area contributed by atoms with Crippen molar-refractivity contribution in [1.82, 2.24) is 4.98 Å². The largest absolute Gasteiger partial charge is 0.325 e. The van der Waals surface area contributed by atoms with Crippen LogP contribution in [0.25, 0.3) is 0 Å². The predicted octanol–water partition coefficient (Wildman–Crippen LogP) is 4.45. The van der Waals surface area contributed by atoms with Gasteiger partial charge in [0.2, 0.25) is 5.91 Å². The van der Waals surface area contributed by atoms with Crippen LogP contribution in [-0.4, -0.2) is 22.4 Å². The van der Waals surface area contributed by atoms with Crippen molar-refractivity contribution in [3.63, 3.8) is 0 Å². The van der Waals surface area contributed by atoms with E-state index in [-0.39, 0.29) is 11.7 Å². The van der Waals surface area contributed by atoms with Crippen LogP contribution in [0.3, 0.4) is 0 Å². The van der Waals surface area contributed by atoms with Crippen LogP contribution in [0.1, 0.15) is 30.1 Å². The molecular formula is C17H17ClN2O2S. The van der Waals surface area contributed by atoms with Crippen molar-refractivity contribution < 1.29 is 9.59 Å². The first-order valence-electron chi connectivity index (χ1n) is 7.20. The smallest absolute Gasteiger partial charge is 0.224 e. The molecule has 1 amide bonds. The molecule has 0 radical (unpaired) electrons. The van der Waals surface area contributed by atoms with Crippen LogP contribution in [0.2, 0.25) is 5.02 Å². The summed E-state index contributed by atoms with van der Waals surface area (Å²) in [5, 5.41) is 4.29. The van der Waals surface area contributed by atoms with Gasteiger partial charge in [0.1, 0.15) is 0 Å². The molecule has 0 fully saturated rings. The molecule has 0 aliphatic carbocycles. The van der Waals surface area contributed by atoms with E-state index in [2.05, 4.69) is 10.3 Å². The Morgan fingerprint density at radius 3 is 2.70 bits per heavy atom. The van der Waals surface area contributed by atoms with Crippen LogP contribution in [0, 0.1) is 0 Å². The summed E-state index contributed by atoms with van der Waals surface area (Å²) in [6.07, 6.45) is 2.73. The third kappa shape index (κ3) is 5.69. The SMILES string of the molecule is CC(=O)c1ccccc1NC(=O)CCCSc1ccc(Cl)cn1. The maximum absolute atomic E-state index is 12.0. The highest BCUT2D eigenvalue weighted by atomic mass is 35.5. The van der Waals surface area contributed by atoms with Gasteiger partial charge in [0.25, 0.3) is 0 Å². The van der Waals surface area contributed by atoms with Crippen LogP contribution < -0.4 is 5.32 Å². The van der Waals surface area contributed by atoms with E-state index in [9.17, 15) is 9.59 Å². The van der Waals surface area contributed by atoms with Crippen molar-refractivity contribution in [2.75, 3.05) is 11.1 Å². The maximum Gasteiger partial charge on any atom is 0.224 e. The summed E-state index contributed by atoms with van der Waals surface area (Å²) in [7, 11) is 0. The summed E-state index contributed by atoms with van der Waals surface area (Å²) >= 11 is 7.36. The summed E-state index contributed by atoms with van der Waals surface area (Å²) in [5.41, 5.74) is 1.10. The van der Waals surface area contributed by atoms with Gasteiger partial charge in [-0.05, 0) is 43.4 Å². The fraction of sp³-hybridized carbons (Fsp3) is 0.235. The van der Waals surface area contributed by atoms with Gasteiger partial charge in [-0.1, -0.05) is 23.7 Å². The Morgan fingerprint density at radius 1 is 1.22 bits per heavy atom. The molecular weight excluding hydrogens is 332 g/mol. The van der Waals surface area contributed by atoms with Crippen LogP contribution in [0.15, 0.2) is 47.6 Å². The van der Waals surface area contributed by atoms with E-state index < -0.39 is 0 Å². The monoisotopic (exact) mass is 348 g/mol. The highest BCUT2D eigenvalue weighted by Crippen LogP contribution is 2.19. The number of pyridine rings is 1. The van der Waals surface area contributed by atoms with E-state index >= 15 is 0 Å². The first-order chi connectivity index (χ1) is 11.1. The summed E-state index contributed by atoms with van der Waals surface area (Å²) < 4.78 is 0. The lowest BCUT2D eigenvalue weighted by molar-refractivity contribution is -0.116. The number of halogens is 1. The number of hydrogen-bond acceptors (Lipinski definition) is 4. The van der Waals surface area contributed by atoms with Crippen molar-refractivity contribution in [2.24, 2.45) is 0 Å². The number of thioether (sulfide) groups is 1. The molecule has 2 rings (SSSR count). The Kier molecular flexibility index (Phi) is 6.62. The number of hydrogen-bond donors (Lipinski definition) is 1. The van der Waals surface area contributed by atoms with Gasteiger partial charge in [0, 0.05) is 18.2 Å². The van der Waals surface area contributed by atoms with Crippen molar-refractivity contribution in [1.29, 1.82) is 0 Å². The predicted molar refractivity (Wildman–Crippen MR) is 94.3 cm³/mol. The average molecular weight is 349 g/mol. The number of amides is 1. The molecule has 23 heavy (non-hydrogen) atoms. The molecule has 0 aliphatic rings. The van der Waals surface area contributed by atoms with Crippen LogP contribution in [-0.2, 0) is 4.79 Å². The van der Waals surface area contributed by atoms with Crippen LogP contribution >= 0.6 is 23.4 Å². The summed E-state index contributed by atoms with van der Waals surface area (Å²) in [5.74, 6) is 0.629. The first-order valence-corrected chi connectivity index (χ1v) is 8.57. The minimum atomic E-state index is -0.0941. The zero-order chi connectivity index (χ0) is 16.7. The number of aromatic nitrogens is 1. The van der Waals surface area contributed by atoms with Gasteiger partial charge in [-0.25, -0.2) is 4.98 Å². The van der Waals surface area contributed by atoms with Crippen LogP contribution in [0.5, 0.6) is 0 Å². The topological polar surface area (TPSA) is 59.1 Å². The molecule has 0 saturated heterocycles. The second-order valence-electron chi connectivity index (χ2n) is 4.92. The highest BCUT2D eigenvalue weighted by molar-refractivity contribution is 7.99. The van der Waals surface area contributed by atoms with Crippen molar-refractivity contribution in [3.05, 3.63) is 53.2 Å². The Balaban J connectivity index is 1.77. The van der Waals surface area contributed by atoms with Crippen molar-refractivity contribution in [2.45, 2.75) is 24.8 Å². The summed E-state index contributed by atoms with van der Waals surface area (Å²) in [6.45, 7) is 1.49. The Bertz CT molecular complexity index is 689. The van der Waals surface area contributed by atoms with Gasteiger partial charge in [-0.2, -0.15) is 0 Å². The van der Waals surface area contributed by atoms with E-state index in [0.717, 1.165) is 17.2 Å². The number of nitrogens with zero attached hydrogens (tertiary/aromatic N) is 1. The molecule has 1 aromatic heterocycles. The lowest BCUT2D eigenvalue weighted by Gasteiger charge is -2.08. The van der Waals surface area contributed by atoms with Gasteiger partial charge < -0.3 is 5.32 Å². The number of carbonyl (C=O) groups excluding carboxylic acids is 2. The molecule has 2 aromatic rings. The van der Waals surface area contributed by atoms with Crippen molar-refractivity contribution in [3.8, 4) is 0 Å². The molecule has 0 saturated carbocycles. The van der Waals surface area contributed by atoms with E-state index in [1.54, 1.807) is 48.3 Å². The fourth-order valence-electron chi connectivity index (χ4n) is 1.97. The average Bonchev–Trinajstić information content (AvgIpc) is 2.53. The molecule has 0 unspecified atom stereocenters. The third-order valence-electron chi connectivity index (χ3n) is 3.08. The van der Waals surface area contributed by atoms with E-state index in [1.165, 1.54) is 6.92 Å². The molecule has 4 nitrogen and oxygen atoms in total. The second-order valence-corrected chi connectivity index (χ2v) is 6.47. The number of Topliss-reactive ketones (excluding diaryl/α,β-unsaturated/α-hetero) is 1. The number of benzene rings is 1. The lowest BCUT2D eigenvalue weighted by Crippen LogP contribution is -2.13. The van der Waals surface area contributed by atoms with Crippen LogP contribution in [0.4, 0.5) is 5.69 Å². The first kappa shape index (κ1) is 17.5. The van der Waals surface area contributed by atoms with E-state index in [1.807, 2.05) is 6.07 Å². The van der Waals surface area contributed by atoms with Gasteiger partial charge in [0.15, 0.2) is 5.78 Å². The Hall–Kier alpha value is -1.85. The van der Waals surface area contributed by atoms with Gasteiger partial charge in [-0.15, -0.1) is 11.8 Å². The highest BCUT2D eigenvalue weighted by Gasteiger charge is 2.09. The molecule has 0 atom stereocenters. The van der Waals surface area contributed by atoms with E-state index in [0.29, 0.717) is 22.7 Å². The molecule has 120 valence electrons. The summed E-state index contributed by atoms with van der Waals surface area (Å²) in [6, 6.07) is 10.7. The molecule has 1 aromatic carbocycles. The Labute approximate surface area is 144 Å². The number of anilines is 1. The molecule has 1 heterocycles. The minimum absolute atomic E-state index is 0.0646. The van der Waals surface area contributed by atoms with Crippen molar-refractivity contribution >= 4 is 40.7 Å². The molecule has 0 bridgehead atoms.